The minimum Gasteiger partial charge on any atom is -0.319 e. The molecular formula is C50H39BrCl18F3N11O8. The van der Waals surface area contributed by atoms with Crippen molar-refractivity contribution < 1.29 is 52.3 Å². The number of hydrogen-bond donors (Lipinski definition) is 0. The van der Waals surface area contributed by atoms with E-state index in [1.165, 1.54) is 9.80 Å². The molecule has 3 aromatic heterocycles. The van der Waals surface area contributed by atoms with E-state index < -0.39 is 34.5 Å². The Labute approximate surface area is 615 Å². The molecule has 6 aromatic rings. The number of alkyl halides is 21. The van der Waals surface area contributed by atoms with Crippen molar-refractivity contribution in [3.8, 4) is 34.2 Å². The van der Waals surface area contributed by atoms with E-state index in [9.17, 15) is 13.2 Å². The predicted octanol–water partition coefficient (Wildman–Crippen LogP) is 20.7. The van der Waals surface area contributed by atoms with Crippen LogP contribution < -0.4 is 9.80 Å². The standard InChI is InChI=1S/C19H17BrCl6N4O4.C19H18Cl6N4O4.C12H4Cl6F3N3/c1-5-31-33-10(3)30(11(4)34-32-6-2)14-8-7-12(9-13(14)20)15-27-16(18(21,22)23)29-17(28-15)19(24,25)26;1-5-30-32-11(3)29(12(4)33-31-6-2)14-9-7-13(8-10-14)15-26-16(18(20,21)22)28-17(27-15)19(23,24)25;13-10(14,15)8-22-7(23-9(24-8)11(16,17)18)5-1-3-6(4-2-5)12(19,20)21/h7-9H,3-6H2,1-2H3;7-10H,3-6H2,1-2H3;1-4H. The maximum absolute atomic E-state index is 12.6. The van der Waals surface area contributed by atoms with Crippen LogP contribution in [-0.4, -0.2) is 71.3 Å². The molecule has 0 aliphatic carbocycles. The van der Waals surface area contributed by atoms with Gasteiger partial charge in [-0.2, -0.15) is 32.7 Å². The van der Waals surface area contributed by atoms with E-state index in [-0.39, 0.29) is 94.7 Å². The lowest BCUT2D eigenvalue weighted by atomic mass is 10.1. The van der Waals surface area contributed by atoms with Gasteiger partial charge in [0.1, 0.15) is 0 Å². The zero-order valence-corrected chi connectivity index (χ0v) is 61.2. The van der Waals surface area contributed by atoms with Gasteiger partial charge in [-0.05, 0) is 125 Å². The molecule has 496 valence electrons. The third-order valence-electron chi connectivity index (χ3n) is 9.82. The Kier molecular flexibility index (Phi) is 31.1. The van der Waals surface area contributed by atoms with E-state index in [0.29, 0.717) is 40.2 Å². The van der Waals surface area contributed by atoms with Crippen LogP contribution in [0.15, 0.2) is 121 Å². The summed E-state index contributed by atoms with van der Waals surface area (Å²) in [7, 11) is 0. The van der Waals surface area contributed by atoms with Crippen molar-refractivity contribution in [3.05, 3.63) is 162 Å². The summed E-state index contributed by atoms with van der Waals surface area (Å²) in [4.78, 5) is 79.6. The third kappa shape index (κ3) is 25.0. The second-order valence-electron chi connectivity index (χ2n) is 16.4. The fraction of sp³-hybridized carbons (Fsp3) is 0.300. The molecule has 0 saturated carbocycles. The first kappa shape index (κ1) is 81.2. The highest BCUT2D eigenvalue weighted by Gasteiger charge is 2.38. The van der Waals surface area contributed by atoms with Gasteiger partial charge in [-0.1, -0.05) is 221 Å². The molecule has 0 N–H and O–H groups in total. The number of nitrogens with zero attached hydrogens (tertiary/aromatic N) is 11. The van der Waals surface area contributed by atoms with E-state index in [1.807, 2.05) is 0 Å². The third-order valence-corrected chi connectivity index (χ3v) is 13.5. The fourth-order valence-electron chi connectivity index (χ4n) is 6.16. The van der Waals surface area contributed by atoms with Gasteiger partial charge in [0.05, 0.1) is 43.4 Å². The topological polar surface area (TPSA) is 196 Å². The van der Waals surface area contributed by atoms with Crippen LogP contribution in [0.4, 0.5) is 24.5 Å². The summed E-state index contributed by atoms with van der Waals surface area (Å²) in [6, 6.07) is 15.6. The second kappa shape index (κ2) is 34.8. The predicted molar refractivity (Wildman–Crippen MR) is 356 cm³/mol. The zero-order valence-electron chi connectivity index (χ0n) is 46.0. The molecule has 0 fully saturated rings. The molecule has 6 rings (SSSR count). The van der Waals surface area contributed by atoms with Gasteiger partial charge in [0.2, 0.25) is 46.3 Å². The first-order valence-electron chi connectivity index (χ1n) is 24.3. The monoisotopic (exact) mass is 1690 g/mol. The van der Waals surface area contributed by atoms with Crippen LogP contribution in [-0.2, 0) is 68.0 Å². The number of benzene rings is 3. The van der Waals surface area contributed by atoms with E-state index in [2.05, 4.69) is 87.1 Å². The van der Waals surface area contributed by atoms with Crippen molar-refractivity contribution in [3.63, 3.8) is 0 Å². The van der Waals surface area contributed by atoms with Gasteiger partial charge >= 0.3 is 6.18 Å². The largest absolute Gasteiger partial charge is 0.416 e. The molecule has 0 amide bonds. The van der Waals surface area contributed by atoms with Crippen molar-refractivity contribution in [2.45, 2.75) is 56.6 Å². The Balaban J connectivity index is 0.000000296. The van der Waals surface area contributed by atoms with E-state index >= 15 is 0 Å². The highest BCUT2D eigenvalue weighted by Crippen LogP contribution is 2.45. The van der Waals surface area contributed by atoms with Gasteiger partial charge in [-0.15, -0.1) is 0 Å². The molecule has 19 nitrogen and oxygen atoms in total. The maximum atomic E-state index is 12.6. The van der Waals surface area contributed by atoms with Crippen molar-refractivity contribution >= 4 is 236 Å². The summed E-state index contributed by atoms with van der Waals surface area (Å²) in [5.74, 6) is -1.18. The van der Waals surface area contributed by atoms with Crippen LogP contribution >= 0.6 is 225 Å². The molecule has 91 heavy (non-hydrogen) atoms. The Hall–Kier alpha value is -2.22. The molecule has 3 heterocycles. The van der Waals surface area contributed by atoms with Gasteiger partial charge in [-0.3, -0.25) is 0 Å². The maximum Gasteiger partial charge on any atom is 0.416 e. The summed E-state index contributed by atoms with van der Waals surface area (Å²) in [6.45, 7) is 23.5. The van der Waals surface area contributed by atoms with Gasteiger partial charge < -0.3 is 19.6 Å². The molecule has 0 aliphatic rings. The molecule has 0 atom stereocenters. The van der Waals surface area contributed by atoms with Crippen LogP contribution in [0.5, 0.6) is 0 Å². The minimum atomic E-state index is -4.48. The lowest BCUT2D eigenvalue weighted by Crippen LogP contribution is -2.24. The Morgan fingerprint density at radius 3 is 0.890 bits per heavy atom. The lowest BCUT2D eigenvalue weighted by Gasteiger charge is -2.26. The number of hydrogen-bond acceptors (Lipinski definition) is 19. The Morgan fingerprint density at radius 2 is 0.637 bits per heavy atom. The van der Waals surface area contributed by atoms with Crippen molar-refractivity contribution in [1.29, 1.82) is 0 Å². The van der Waals surface area contributed by atoms with Crippen molar-refractivity contribution in [2.75, 3.05) is 36.2 Å². The van der Waals surface area contributed by atoms with Gasteiger partial charge in [0.25, 0.3) is 0 Å². The van der Waals surface area contributed by atoms with Crippen LogP contribution in [0.1, 0.15) is 68.2 Å². The Bertz CT molecular complexity index is 3350. The second-order valence-corrected chi connectivity index (χ2v) is 30.9. The quantitative estimate of drug-likeness (QED) is 0.0285. The van der Waals surface area contributed by atoms with Crippen molar-refractivity contribution in [2.24, 2.45) is 0 Å². The number of aromatic nitrogens is 9. The zero-order chi connectivity index (χ0) is 68.8. The first-order valence-corrected chi connectivity index (χ1v) is 31.9. The molecule has 0 radical (unpaired) electrons. The first-order chi connectivity index (χ1) is 41.9. The normalized spacial score (nSPS) is 12.2. The van der Waals surface area contributed by atoms with E-state index in [0.717, 1.165) is 24.3 Å². The summed E-state index contributed by atoms with van der Waals surface area (Å²) < 4.78 is 26.4. The molecule has 41 heteroatoms. The smallest absolute Gasteiger partial charge is 0.319 e. The van der Waals surface area contributed by atoms with Crippen LogP contribution in [0.3, 0.4) is 0 Å². The van der Waals surface area contributed by atoms with Crippen LogP contribution in [0, 0.1) is 0 Å². The van der Waals surface area contributed by atoms with Crippen LogP contribution in [0.2, 0.25) is 0 Å². The average molecular weight is 1700 g/mol. The number of rotatable bonds is 21. The molecule has 0 spiro atoms. The summed E-state index contributed by atoms with van der Waals surface area (Å²) in [6.07, 6.45) is -4.48. The fourth-order valence-corrected chi connectivity index (χ4v) is 8.24. The number of halogens is 22. The molecular weight excluding hydrogens is 1660 g/mol. The molecule has 0 bridgehead atoms. The summed E-state index contributed by atoms with van der Waals surface area (Å²) >= 11 is 109. The molecule has 3 aromatic carbocycles. The Morgan fingerprint density at radius 1 is 0.385 bits per heavy atom. The molecule has 0 saturated heterocycles. The number of anilines is 2. The highest BCUT2D eigenvalue weighted by molar-refractivity contribution is 9.10. The van der Waals surface area contributed by atoms with Gasteiger partial charge in [0, 0.05) is 21.2 Å². The van der Waals surface area contributed by atoms with Gasteiger partial charge in [0.15, 0.2) is 52.4 Å². The average Bonchev–Trinajstić information content (AvgIpc) is 0.836. The lowest BCUT2D eigenvalue weighted by molar-refractivity contribution is -0.272. The van der Waals surface area contributed by atoms with Crippen LogP contribution in [0.25, 0.3) is 34.2 Å². The molecule has 0 unspecified atom stereocenters. The highest BCUT2D eigenvalue weighted by atomic mass is 79.9. The molecule has 0 aliphatic heterocycles. The van der Waals surface area contributed by atoms with E-state index in [4.69, 9.17) is 248 Å². The van der Waals surface area contributed by atoms with Gasteiger partial charge in [-0.25, -0.2) is 54.7 Å². The van der Waals surface area contributed by atoms with Crippen molar-refractivity contribution in [1.82, 2.24) is 44.9 Å². The summed E-state index contributed by atoms with van der Waals surface area (Å²) in [5.41, 5.74) is 1.34. The van der Waals surface area contributed by atoms with E-state index in [1.54, 1.807) is 70.2 Å². The summed E-state index contributed by atoms with van der Waals surface area (Å²) in [5, 5.41) is 0. The SMILES string of the molecule is C=C(OOCC)N(C(=C)OOCC)c1ccc(-c2nc(C(Cl)(Cl)Cl)nc(C(Cl)(Cl)Cl)n2)cc1.C=C(OOCC)N(C(=C)OOCC)c1ccc(-c2nc(C(Cl)(Cl)Cl)nc(C(Cl)(Cl)Cl)n2)cc1Br.FC(F)(F)c1ccc(-c2nc(C(Cl)(Cl)Cl)nc(C(Cl)(Cl)Cl)n2)cc1. The minimum absolute atomic E-state index is 0.0529.